The number of nitrogens with one attached hydrogen (secondary N) is 2. The summed E-state index contributed by atoms with van der Waals surface area (Å²) in [4.78, 5) is 20.2. The van der Waals surface area contributed by atoms with Crippen LogP contribution in [0.5, 0.6) is 0 Å². The van der Waals surface area contributed by atoms with Crippen molar-refractivity contribution in [2.75, 3.05) is 5.32 Å². The Morgan fingerprint density at radius 1 is 1.27 bits per heavy atom. The largest absolute Gasteiger partial charge is 0.419 e. The van der Waals surface area contributed by atoms with E-state index in [9.17, 15) is 22.4 Å². The van der Waals surface area contributed by atoms with Crippen molar-refractivity contribution in [3.05, 3.63) is 41.7 Å². The minimum atomic E-state index is -4.99. The van der Waals surface area contributed by atoms with Crippen LogP contribution in [0.15, 0.2) is 24.8 Å². The molecule has 2 N–H and O–H groups in total. The first-order valence-electron chi connectivity index (χ1n) is 10.1. The number of hydrogen-bond donors (Lipinski definition) is 2. The molecule has 3 aromatic heterocycles. The highest BCUT2D eigenvalue weighted by Crippen LogP contribution is 2.45. The van der Waals surface area contributed by atoms with Crippen molar-refractivity contribution < 1.29 is 26.7 Å². The highest BCUT2D eigenvalue weighted by molar-refractivity contribution is 5.98. The van der Waals surface area contributed by atoms with Gasteiger partial charge < -0.3 is 9.72 Å². The predicted molar refractivity (Wildman–Crippen MR) is 109 cm³/mol. The summed E-state index contributed by atoms with van der Waals surface area (Å²) in [5.74, 6) is -3.06. The number of fused-ring (bicyclic) bond motifs is 2. The Morgan fingerprint density at radius 2 is 2.00 bits per heavy atom. The summed E-state index contributed by atoms with van der Waals surface area (Å²) in [5, 5.41) is 9.00. The molecule has 5 rings (SSSR count). The van der Waals surface area contributed by atoms with Gasteiger partial charge in [0.2, 0.25) is 5.91 Å². The molecule has 3 heterocycles. The van der Waals surface area contributed by atoms with Gasteiger partial charge in [-0.25, -0.2) is 13.8 Å². The molecule has 0 radical (unpaired) electrons. The summed E-state index contributed by atoms with van der Waals surface area (Å²) in [7, 11) is 0. The second-order valence-corrected chi connectivity index (χ2v) is 8.30. The van der Waals surface area contributed by atoms with E-state index in [1.165, 1.54) is 29.2 Å². The molecule has 4 aromatic rings. The normalized spacial score (nSPS) is 18.4. The van der Waals surface area contributed by atoms with E-state index in [2.05, 4.69) is 25.5 Å². The molecule has 0 aliphatic heterocycles. The van der Waals surface area contributed by atoms with Crippen molar-refractivity contribution in [2.45, 2.75) is 38.5 Å². The highest BCUT2D eigenvalue weighted by atomic mass is 19.4. The first-order valence-corrected chi connectivity index (χ1v) is 10.1. The maximum absolute atomic E-state index is 15.3. The second kappa shape index (κ2) is 7.22. The lowest BCUT2D eigenvalue weighted by Crippen LogP contribution is -2.15. The quantitative estimate of drug-likeness (QED) is 0.423. The van der Waals surface area contributed by atoms with Gasteiger partial charge in [-0.1, -0.05) is 13.8 Å². The number of H-pyrrole nitrogens is 1. The number of carbonyl (C=O) groups is 1. The topological polar surface area (TPSA) is 88.0 Å². The van der Waals surface area contributed by atoms with Crippen LogP contribution in [0.2, 0.25) is 0 Å². The lowest BCUT2D eigenvalue weighted by molar-refractivity contribution is -0.139. The lowest BCUT2D eigenvalue weighted by atomic mass is 9.91. The molecule has 1 aliphatic carbocycles. The molecule has 7 nitrogen and oxygen atoms in total. The number of benzene rings is 1. The van der Waals surface area contributed by atoms with E-state index in [-0.39, 0.29) is 40.0 Å². The van der Waals surface area contributed by atoms with Gasteiger partial charge in [-0.05, 0) is 12.3 Å². The maximum Gasteiger partial charge on any atom is 0.419 e. The average molecular weight is 464 g/mol. The summed E-state index contributed by atoms with van der Waals surface area (Å²) in [6.45, 7) is 3.19. The van der Waals surface area contributed by atoms with Crippen molar-refractivity contribution >= 4 is 28.3 Å². The zero-order valence-corrected chi connectivity index (χ0v) is 17.3. The Balaban J connectivity index is 1.67. The number of alkyl halides is 4. The van der Waals surface area contributed by atoms with Crippen molar-refractivity contribution in [3.8, 4) is 11.3 Å². The molecule has 33 heavy (non-hydrogen) atoms. The van der Waals surface area contributed by atoms with Gasteiger partial charge in [0.25, 0.3) is 0 Å². The van der Waals surface area contributed by atoms with Crippen molar-refractivity contribution in [1.82, 2.24) is 24.6 Å². The van der Waals surface area contributed by atoms with Crippen LogP contribution in [0.1, 0.15) is 37.3 Å². The molecule has 1 aliphatic rings. The zero-order valence-electron chi connectivity index (χ0n) is 17.3. The van der Waals surface area contributed by atoms with Crippen LogP contribution < -0.4 is 5.32 Å². The SMILES string of the molecule is CC(C)c1c(F)c(C(F)(F)F)c(-c2cn3cc(NC(=O)C4CC4F)nc3cn2)c2cn[nH]c12. The smallest absolute Gasteiger partial charge is 0.309 e. The second-order valence-electron chi connectivity index (χ2n) is 8.30. The van der Waals surface area contributed by atoms with E-state index in [4.69, 9.17) is 0 Å². The van der Waals surface area contributed by atoms with Gasteiger partial charge in [0.1, 0.15) is 17.6 Å². The maximum atomic E-state index is 15.3. The molecule has 0 bridgehead atoms. The summed E-state index contributed by atoms with van der Waals surface area (Å²) >= 11 is 0. The van der Waals surface area contributed by atoms with Crippen LogP contribution in [0.3, 0.4) is 0 Å². The monoisotopic (exact) mass is 464 g/mol. The van der Waals surface area contributed by atoms with Crippen LogP contribution in [-0.2, 0) is 11.0 Å². The first-order chi connectivity index (χ1) is 15.6. The Bertz CT molecular complexity index is 1410. The number of halogens is 5. The Morgan fingerprint density at radius 3 is 2.64 bits per heavy atom. The minimum absolute atomic E-state index is 0.0793. The number of aromatic amines is 1. The molecular formula is C21H17F5N6O. The molecule has 2 atom stereocenters. The molecule has 1 saturated carbocycles. The third kappa shape index (κ3) is 3.49. The zero-order chi connectivity index (χ0) is 23.7. The van der Waals surface area contributed by atoms with E-state index in [0.29, 0.717) is 0 Å². The number of nitrogens with zero attached hydrogens (tertiary/aromatic N) is 4. The summed E-state index contributed by atoms with van der Waals surface area (Å²) in [6.07, 6.45) is -0.987. The Labute approximate surface area is 183 Å². The van der Waals surface area contributed by atoms with Gasteiger partial charge in [-0.2, -0.15) is 18.3 Å². The number of amides is 1. The molecule has 1 fully saturated rings. The van der Waals surface area contributed by atoms with Crippen LogP contribution in [0, 0.1) is 11.7 Å². The fourth-order valence-electron chi connectivity index (χ4n) is 3.99. The summed E-state index contributed by atoms with van der Waals surface area (Å²) in [6, 6.07) is 0. The van der Waals surface area contributed by atoms with Gasteiger partial charge in [-0.3, -0.25) is 14.9 Å². The molecule has 1 amide bonds. The average Bonchev–Trinajstić information content (AvgIpc) is 3.10. The molecule has 1 aromatic carbocycles. The van der Waals surface area contributed by atoms with E-state index >= 15 is 4.39 Å². The Hall–Kier alpha value is -3.57. The van der Waals surface area contributed by atoms with Gasteiger partial charge in [-0.15, -0.1) is 0 Å². The molecular weight excluding hydrogens is 447 g/mol. The van der Waals surface area contributed by atoms with E-state index in [0.717, 1.165) is 0 Å². The third-order valence-electron chi connectivity index (χ3n) is 5.64. The van der Waals surface area contributed by atoms with Gasteiger partial charge in [0, 0.05) is 22.7 Å². The van der Waals surface area contributed by atoms with Crippen molar-refractivity contribution in [1.29, 1.82) is 0 Å². The number of rotatable bonds is 4. The van der Waals surface area contributed by atoms with E-state index in [1.807, 2.05) is 0 Å². The number of hydrogen-bond acceptors (Lipinski definition) is 4. The van der Waals surface area contributed by atoms with Crippen LogP contribution in [-0.4, -0.2) is 36.6 Å². The summed E-state index contributed by atoms with van der Waals surface area (Å²) < 4.78 is 71.9. The Kier molecular flexibility index (Phi) is 4.66. The van der Waals surface area contributed by atoms with E-state index in [1.54, 1.807) is 13.8 Å². The van der Waals surface area contributed by atoms with Crippen molar-refractivity contribution in [2.24, 2.45) is 5.92 Å². The predicted octanol–water partition coefficient (Wildman–Crippen LogP) is 4.85. The summed E-state index contributed by atoms with van der Waals surface area (Å²) in [5.41, 5.74) is -1.75. The molecule has 2 unspecified atom stereocenters. The molecule has 12 heteroatoms. The number of carbonyl (C=O) groups excluding carboxylic acids is 1. The lowest BCUT2D eigenvalue weighted by Gasteiger charge is -2.19. The number of imidazole rings is 1. The minimum Gasteiger partial charge on any atom is -0.309 e. The molecule has 0 saturated heterocycles. The number of aromatic nitrogens is 5. The van der Waals surface area contributed by atoms with Gasteiger partial charge in [0.15, 0.2) is 11.5 Å². The van der Waals surface area contributed by atoms with Crippen LogP contribution in [0.25, 0.3) is 27.8 Å². The van der Waals surface area contributed by atoms with Crippen LogP contribution in [0.4, 0.5) is 27.8 Å². The van der Waals surface area contributed by atoms with E-state index < -0.39 is 47.0 Å². The fourth-order valence-corrected chi connectivity index (χ4v) is 3.99. The van der Waals surface area contributed by atoms with Gasteiger partial charge in [0.05, 0.1) is 35.7 Å². The first kappa shape index (κ1) is 21.3. The molecule has 0 spiro atoms. The van der Waals surface area contributed by atoms with Crippen molar-refractivity contribution in [3.63, 3.8) is 0 Å². The number of anilines is 1. The molecule has 172 valence electrons. The third-order valence-corrected chi connectivity index (χ3v) is 5.64. The fraction of sp³-hybridized carbons (Fsp3) is 0.333. The standard InChI is InChI=1S/C21H17F5N6O/c1-8(2)15-18(23)17(21(24,25)26)16(10-4-28-31-19(10)15)12-6-32-7-13(29-14(32)5-27-12)30-20(33)9-3-11(9)22/h4-9,11H,3H2,1-2H3,(H,28,31)(H,30,33). The highest BCUT2D eigenvalue weighted by Gasteiger charge is 2.44. The van der Waals surface area contributed by atoms with Crippen LogP contribution >= 0.6 is 0 Å². The van der Waals surface area contributed by atoms with Gasteiger partial charge >= 0.3 is 6.18 Å².